The van der Waals surface area contributed by atoms with Crippen LogP contribution in [0.25, 0.3) is 0 Å². The lowest BCUT2D eigenvalue weighted by molar-refractivity contribution is 0.0943. The Labute approximate surface area is 154 Å². The number of carbonyl (C=O) groups excluding carboxylic acids is 1. The highest BCUT2D eigenvalue weighted by atomic mass is 16.5. The first kappa shape index (κ1) is 18.1. The summed E-state index contributed by atoms with van der Waals surface area (Å²) in [7, 11) is 1.65. The molecule has 0 atom stereocenters. The molecule has 1 N–H and O–H groups in total. The largest absolute Gasteiger partial charge is 0.385 e. The third-order valence-electron chi connectivity index (χ3n) is 4.42. The van der Waals surface area contributed by atoms with E-state index in [0.29, 0.717) is 18.8 Å². The van der Waals surface area contributed by atoms with Gasteiger partial charge in [-0.15, -0.1) is 0 Å². The van der Waals surface area contributed by atoms with E-state index in [9.17, 15) is 4.79 Å². The summed E-state index contributed by atoms with van der Waals surface area (Å²) in [5, 5.41) is 2.86. The predicted molar refractivity (Wildman–Crippen MR) is 102 cm³/mol. The number of nitrogens with one attached hydrogen (secondary N) is 1. The average Bonchev–Trinajstić information content (AvgIpc) is 2.72. The maximum atomic E-state index is 12.2. The van der Waals surface area contributed by atoms with Gasteiger partial charge in [0.2, 0.25) is 0 Å². The number of benzene rings is 1. The monoisotopic (exact) mass is 355 g/mol. The molecule has 0 spiro atoms. The van der Waals surface area contributed by atoms with Crippen molar-refractivity contribution in [1.82, 2.24) is 15.3 Å². The molecule has 3 rings (SSSR count). The molecule has 0 unspecified atom stereocenters. The molecule has 7 heteroatoms. The zero-order valence-corrected chi connectivity index (χ0v) is 15.1. The molecule has 0 aliphatic carbocycles. The van der Waals surface area contributed by atoms with Crippen molar-refractivity contribution in [3.05, 3.63) is 48.4 Å². The number of anilines is 2. The summed E-state index contributed by atoms with van der Waals surface area (Å²) in [5.41, 5.74) is 1.64. The number of amides is 1. The van der Waals surface area contributed by atoms with Gasteiger partial charge < -0.3 is 19.9 Å². The minimum absolute atomic E-state index is 0.173. The maximum Gasteiger partial charge on any atom is 0.270 e. The molecule has 7 nitrogen and oxygen atoms in total. The summed E-state index contributed by atoms with van der Waals surface area (Å²) in [6, 6.07) is 12.2. The van der Waals surface area contributed by atoms with Crippen molar-refractivity contribution in [2.75, 3.05) is 56.2 Å². The Kier molecular flexibility index (Phi) is 6.38. The Hall–Kier alpha value is -2.67. The molecule has 2 aromatic rings. The Morgan fingerprint density at radius 2 is 1.85 bits per heavy atom. The van der Waals surface area contributed by atoms with Gasteiger partial charge in [0.1, 0.15) is 17.8 Å². The fraction of sp³-hybridized carbons (Fsp3) is 0.421. The van der Waals surface area contributed by atoms with Gasteiger partial charge in [-0.2, -0.15) is 0 Å². The second-order valence-corrected chi connectivity index (χ2v) is 6.17. The van der Waals surface area contributed by atoms with Gasteiger partial charge in [-0.05, 0) is 18.6 Å². The number of para-hydroxylation sites is 1. The van der Waals surface area contributed by atoms with Gasteiger partial charge in [-0.3, -0.25) is 4.79 Å². The van der Waals surface area contributed by atoms with Gasteiger partial charge in [0.05, 0.1) is 0 Å². The summed E-state index contributed by atoms with van der Waals surface area (Å²) in [4.78, 5) is 25.2. The second kappa shape index (κ2) is 9.15. The summed E-state index contributed by atoms with van der Waals surface area (Å²) < 4.78 is 4.98. The van der Waals surface area contributed by atoms with E-state index in [-0.39, 0.29) is 5.91 Å². The van der Waals surface area contributed by atoms with E-state index >= 15 is 0 Å². The lowest BCUT2D eigenvalue weighted by Crippen LogP contribution is -2.47. The first-order valence-corrected chi connectivity index (χ1v) is 8.92. The molecule has 1 aromatic carbocycles. The van der Waals surface area contributed by atoms with Crippen LogP contribution >= 0.6 is 0 Å². The first-order valence-electron chi connectivity index (χ1n) is 8.92. The number of piperazine rings is 1. The molecule has 1 aromatic heterocycles. The van der Waals surface area contributed by atoms with Crippen molar-refractivity contribution in [3.8, 4) is 0 Å². The van der Waals surface area contributed by atoms with Crippen molar-refractivity contribution in [3.63, 3.8) is 0 Å². The van der Waals surface area contributed by atoms with Crippen LogP contribution in [0.5, 0.6) is 0 Å². The van der Waals surface area contributed by atoms with Crippen molar-refractivity contribution in [1.29, 1.82) is 0 Å². The molecule has 0 radical (unpaired) electrons. The number of hydrogen-bond donors (Lipinski definition) is 1. The molecule has 0 saturated carbocycles. The van der Waals surface area contributed by atoms with E-state index in [1.165, 1.54) is 12.0 Å². The van der Waals surface area contributed by atoms with Crippen LogP contribution in [0, 0.1) is 0 Å². The number of methoxy groups -OCH3 is 1. The van der Waals surface area contributed by atoms with Crippen molar-refractivity contribution in [2.45, 2.75) is 6.42 Å². The van der Waals surface area contributed by atoms with Crippen molar-refractivity contribution in [2.24, 2.45) is 0 Å². The van der Waals surface area contributed by atoms with Gasteiger partial charge >= 0.3 is 0 Å². The highest BCUT2D eigenvalue weighted by molar-refractivity contribution is 5.92. The number of rotatable bonds is 7. The third kappa shape index (κ3) is 4.70. The van der Waals surface area contributed by atoms with Gasteiger partial charge in [-0.25, -0.2) is 9.97 Å². The van der Waals surface area contributed by atoms with E-state index in [4.69, 9.17) is 4.74 Å². The number of nitrogens with zero attached hydrogens (tertiary/aromatic N) is 4. The summed E-state index contributed by atoms with van der Waals surface area (Å²) in [6.45, 7) is 4.77. The third-order valence-corrected chi connectivity index (χ3v) is 4.42. The molecule has 1 aliphatic rings. The van der Waals surface area contributed by atoms with Crippen LogP contribution in [0.1, 0.15) is 16.9 Å². The molecule has 26 heavy (non-hydrogen) atoms. The molecular formula is C19H25N5O2. The van der Waals surface area contributed by atoms with Crippen LogP contribution in [0.3, 0.4) is 0 Å². The Balaban J connectivity index is 1.56. The zero-order chi connectivity index (χ0) is 18.2. The summed E-state index contributed by atoms with van der Waals surface area (Å²) in [5.74, 6) is 0.627. The van der Waals surface area contributed by atoms with Crippen LogP contribution in [0.15, 0.2) is 42.7 Å². The fourth-order valence-corrected chi connectivity index (χ4v) is 2.99. The van der Waals surface area contributed by atoms with Crippen LogP contribution in [0.4, 0.5) is 11.5 Å². The van der Waals surface area contributed by atoms with E-state index in [1.54, 1.807) is 13.2 Å². The maximum absolute atomic E-state index is 12.2. The van der Waals surface area contributed by atoms with Crippen molar-refractivity contribution >= 4 is 17.4 Å². The Morgan fingerprint density at radius 1 is 1.12 bits per heavy atom. The van der Waals surface area contributed by atoms with Gasteiger partial charge in [-0.1, -0.05) is 18.2 Å². The minimum atomic E-state index is -0.173. The van der Waals surface area contributed by atoms with Gasteiger partial charge in [0, 0.05) is 58.2 Å². The van der Waals surface area contributed by atoms with Gasteiger partial charge in [0.25, 0.3) is 5.91 Å². The van der Waals surface area contributed by atoms with E-state index < -0.39 is 0 Å². The van der Waals surface area contributed by atoms with E-state index in [1.807, 2.05) is 6.07 Å². The second-order valence-electron chi connectivity index (χ2n) is 6.17. The lowest BCUT2D eigenvalue weighted by atomic mass is 10.2. The van der Waals surface area contributed by atoms with Crippen LogP contribution in [-0.2, 0) is 4.74 Å². The van der Waals surface area contributed by atoms with Crippen molar-refractivity contribution < 1.29 is 9.53 Å². The topological polar surface area (TPSA) is 70.6 Å². The molecule has 1 fully saturated rings. The molecular weight excluding hydrogens is 330 g/mol. The molecule has 138 valence electrons. The number of ether oxygens (including phenoxy) is 1. The average molecular weight is 355 g/mol. The van der Waals surface area contributed by atoms with E-state index in [2.05, 4.69) is 49.4 Å². The lowest BCUT2D eigenvalue weighted by Gasteiger charge is -2.36. The number of aromatic nitrogens is 2. The minimum Gasteiger partial charge on any atom is -0.385 e. The molecule has 1 amide bonds. The fourth-order valence-electron chi connectivity index (χ4n) is 2.99. The summed E-state index contributed by atoms with van der Waals surface area (Å²) >= 11 is 0. The van der Waals surface area contributed by atoms with Crippen LogP contribution in [0.2, 0.25) is 0 Å². The molecule has 2 heterocycles. The van der Waals surface area contributed by atoms with Crippen LogP contribution < -0.4 is 15.1 Å². The van der Waals surface area contributed by atoms with E-state index in [0.717, 1.165) is 38.4 Å². The normalized spacial score (nSPS) is 14.3. The smallest absolute Gasteiger partial charge is 0.270 e. The van der Waals surface area contributed by atoms with Gasteiger partial charge in [0.15, 0.2) is 0 Å². The molecule has 1 saturated heterocycles. The highest BCUT2D eigenvalue weighted by Gasteiger charge is 2.19. The summed E-state index contributed by atoms with van der Waals surface area (Å²) in [6.07, 6.45) is 2.24. The van der Waals surface area contributed by atoms with Crippen LogP contribution in [-0.4, -0.2) is 62.3 Å². The quantitative estimate of drug-likeness (QED) is 0.760. The zero-order valence-electron chi connectivity index (χ0n) is 15.1. The Bertz CT molecular complexity index is 702. The predicted octanol–water partition coefficient (Wildman–Crippen LogP) is 1.57. The highest BCUT2D eigenvalue weighted by Crippen LogP contribution is 2.19. The molecule has 0 bridgehead atoms. The SMILES string of the molecule is COCCCNC(=O)c1cc(N2CCN(c3ccccc3)CC2)ncn1. The standard InChI is InChI=1S/C19H25N5O2/c1-26-13-5-8-20-19(25)17-14-18(22-15-21-17)24-11-9-23(10-12-24)16-6-3-2-4-7-16/h2-4,6-7,14-15H,5,8-13H2,1H3,(H,20,25). The number of carbonyl (C=O) groups is 1. The Morgan fingerprint density at radius 3 is 2.58 bits per heavy atom. The molecule has 1 aliphatic heterocycles. The number of hydrogen-bond acceptors (Lipinski definition) is 6. The first-order chi connectivity index (χ1) is 12.8.